The number of urea groups is 1. The van der Waals surface area contributed by atoms with E-state index in [4.69, 9.17) is 0 Å². The number of amidine groups is 1. The molecule has 2 saturated heterocycles. The number of hydrogen-bond acceptors (Lipinski definition) is 7. The minimum absolute atomic E-state index is 0.107. The summed E-state index contributed by atoms with van der Waals surface area (Å²) in [6.07, 6.45) is -1.99. The smallest absolute Gasteiger partial charge is 0.406 e. The first-order valence-corrected chi connectivity index (χ1v) is 14.4. The van der Waals surface area contributed by atoms with Crippen LogP contribution in [0.4, 0.5) is 29.6 Å². The van der Waals surface area contributed by atoms with Gasteiger partial charge in [0.2, 0.25) is 11.9 Å². The summed E-state index contributed by atoms with van der Waals surface area (Å²) in [5, 5.41) is 7.79. The molecular weight excluding hydrogens is 571 g/mol. The number of aromatic nitrogens is 3. The molecule has 0 radical (unpaired) electrons. The number of thioether (sulfide) groups is 1. The van der Waals surface area contributed by atoms with E-state index in [-0.39, 0.29) is 29.4 Å². The number of benzene rings is 2. The van der Waals surface area contributed by atoms with E-state index in [1.54, 1.807) is 4.90 Å². The summed E-state index contributed by atoms with van der Waals surface area (Å²) in [7, 11) is 0. The highest BCUT2D eigenvalue weighted by Crippen LogP contribution is 2.34. The number of ether oxygens (including phenoxy) is 1. The molecule has 14 heteroatoms. The zero-order chi connectivity index (χ0) is 30.0. The van der Waals surface area contributed by atoms with Crippen LogP contribution in [0.25, 0.3) is 5.69 Å². The molecule has 2 fully saturated rings. The fraction of sp³-hybridized carbons (Fsp3) is 0.393. The number of nitrogens with one attached hydrogen (secondary N) is 1. The number of anilines is 2. The van der Waals surface area contributed by atoms with E-state index < -0.39 is 12.4 Å². The van der Waals surface area contributed by atoms with Crippen LogP contribution in [0.1, 0.15) is 43.7 Å². The SMILES string of the molecule is Cc1ccc(C(C)C)c(N2C(=O)CS/C2=N\C(=O)NC2CCN(c3ncn(-c4ccc(OC(F)(F)F)cc4)n3)CC2)c1. The number of piperidine rings is 1. The minimum Gasteiger partial charge on any atom is -0.406 e. The molecule has 0 saturated carbocycles. The molecule has 2 aromatic carbocycles. The molecule has 0 unspecified atom stereocenters. The Labute approximate surface area is 244 Å². The van der Waals surface area contributed by atoms with Crippen molar-refractivity contribution in [1.82, 2.24) is 20.1 Å². The largest absolute Gasteiger partial charge is 0.573 e. The molecule has 3 amide bonds. The van der Waals surface area contributed by atoms with Gasteiger partial charge in [-0.15, -0.1) is 18.3 Å². The number of nitrogens with zero attached hydrogens (tertiary/aromatic N) is 6. The molecule has 2 aliphatic rings. The van der Waals surface area contributed by atoms with E-state index >= 15 is 0 Å². The van der Waals surface area contributed by atoms with Crippen molar-refractivity contribution in [2.75, 3.05) is 28.6 Å². The number of amides is 3. The van der Waals surface area contributed by atoms with E-state index in [0.717, 1.165) is 16.8 Å². The predicted octanol–water partition coefficient (Wildman–Crippen LogP) is 5.41. The first kappa shape index (κ1) is 29.4. The molecule has 0 atom stereocenters. The third-order valence-corrected chi connectivity index (χ3v) is 7.85. The van der Waals surface area contributed by atoms with Gasteiger partial charge < -0.3 is 15.0 Å². The second kappa shape index (κ2) is 12.0. The van der Waals surface area contributed by atoms with Crippen molar-refractivity contribution in [3.63, 3.8) is 0 Å². The molecule has 5 rings (SSSR count). The number of carbonyl (C=O) groups excluding carboxylic acids is 2. The van der Waals surface area contributed by atoms with Gasteiger partial charge in [-0.1, -0.05) is 37.7 Å². The summed E-state index contributed by atoms with van der Waals surface area (Å²) in [5.74, 6) is 0.470. The Bertz CT molecular complexity index is 1480. The lowest BCUT2D eigenvalue weighted by Gasteiger charge is -2.31. The molecule has 42 heavy (non-hydrogen) atoms. The van der Waals surface area contributed by atoms with Gasteiger partial charge in [-0.05, 0) is 67.1 Å². The van der Waals surface area contributed by atoms with E-state index in [0.29, 0.717) is 42.7 Å². The van der Waals surface area contributed by atoms with Crippen LogP contribution in [0.15, 0.2) is 53.8 Å². The molecule has 2 aliphatic heterocycles. The zero-order valence-corrected chi connectivity index (χ0v) is 24.1. The number of rotatable bonds is 6. The van der Waals surface area contributed by atoms with Crippen molar-refractivity contribution in [3.05, 3.63) is 59.9 Å². The summed E-state index contributed by atoms with van der Waals surface area (Å²) < 4.78 is 42.6. The van der Waals surface area contributed by atoms with Crippen LogP contribution in [0, 0.1) is 6.92 Å². The Morgan fingerprint density at radius 1 is 1.14 bits per heavy atom. The Kier molecular flexibility index (Phi) is 8.43. The molecule has 222 valence electrons. The fourth-order valence-electron chi connectivity index (χ4n) is 4.86. The first-order chi connectivity index (χ1) is 20.0. The lowest BCUT2D eigenvalue weighted by Crippen LogP contribution is -2.44. The van der Waals surface area contributed by atoms with Gasteiger partial charge in [-0.25, -0.2) is 9.48 Å². The molecule has 1 N–H and O–H groups in total. The third-order valence-electron chi connectivity index (χ3n) is 6.93. The van der Waals surface area contributed by atoms with Crippen molar-refractivity contribution in [1.29, 1.82) is 0 Å². The monoisotopic (exact) mass is 601 g/mol. The third kappa shape index (κ3) is 6.86. The molecule has 1 aromatic heterocycles. The van der Waals surface area contributed by atoms with Crippen LogP contribution in [-0.2, 0) is 4.79 Å². The summed E-state index contributed by atoms with van der Waals surface area (Å²) >= 11 is 1.25. The Hall–Kier alpha value is -4.07. The Morgan fingerprint density at radius 2 is 1.86 bits per heavy atom. The van der Waals surface area contributed by atoms with Gasteiger partial charge in [0, 0.05) is 19.1 Å². The van der Waals surface area contributed by atoms with Gasteiger partial charge in [0.25, 0.3) is 0 Å². The molecule has 0 bridgehead atoms. The molecule has 10 nitrogen and oxygen atoms in total. The van der Waals surface area contributed by atoms with Crippen LogP contribution in [0.2, 0.25) is 0 Å². The Balaban J connectivity index is 1.18. The average molecular weight is 602 g/mol. The van der Waals surface area contributed by atoms with Crippen molar-refractivity contribution in [3.8, 4) is 11.4 Å². The topological polar surface area (TPSA) is 105 Å². The summed E-state index contributed by atoms with van der Waals surface area (Å²) in [4.78, 5) is 37.8. The molecule has 3 heterocycles. The van der Waals surface area contributed by atoms with Crippen molar-refractivity contribution in [2.45, 2.75) is 51.9 Å². The average Bonchev–Trinajstić information content (AvgIpc) is 3.55. The first-order valence-electron chi connectivity index (χ1n) is 13.4. The highest BCUT2D eigenvalue weighted by Gasteiger charge is 2.33. The van der Waals surface area contributed by atoms with Crippen LogP contribution >= 0.6 is 11.8 Å². The van der Waals surface area contributed by atoms with E-state index in [1.807, 2.05) is 30.0 Å². The van der Waals surface area contributed by atoms with Crippen LogP contribution in [0.5, 0.6) is 5.75 Å². The zero-order valence-electron chi connectivity index (χ0n) is 23.3. The van der Waals surface area contributed by atoms with E-state index in [2.05, 4.69) is 39.0 Å². The van der Waals surface area contributed by atoms with Crippen molar-refractivity contribution >= 4 is 40.5 Å². The highest BCUT2D eigenvalue weighted by atomic mass is 32.2. The summed E-state index contributed by atoms with van der Waals surface area (Å²) in [6, 6.07) is 10.7. The Morgan fingerprint density at radius 3 is 2.52 bits per heavy atom. The lowest BCUT2D eigenvalue weighted by molar-refractivity contribution is -0.274. The number of alkyl halides is 3. The number of hydrogen-bond donors (Lipinski definition) is 1. The van der Waals surface area contributed by atoms with Gasteiger partial charge in [0.05, 0.1) is 17.1 Å². The van der Waals surface area contributed by atoms with E-state index in [1.165, 1.54) is 47.0 Å². The summed E-state index contributed by atoms with van der Waals surface area (Å²) in [5.41, 5.74) is 3.33. The minimum atomic E-state index is -4.76. The van der Waals surface area contributed by atoms with Gasteiger partial charge in [-0.3, -0.25) is 9.69 Å². The molecular formula is C28H30F3N7O3S. The normalized spacial score (nSPS) is 17.4. The van der Waals surface area contributed by atoms with Crippen LogP contribution in [0.3, 0.4) is 0 Å². The van der Waals surface area contributed by atoms with Gasteiger partial charge >= 0.3 is 12.4 Å². The van der Waals surface area contributed by atoms with Gasteiger partial charge in [0.1, 0.15) is 12.1 Å². The maximum Gasteiger partial charge on any atom is 0.573 e. The number of carbonyl (C=O) groups is 2. The van der Waals surface area contributed by atoms with Crippen LogP contribution < -0.4 is 19.9 Å². The van der Waals surface area contributed by atoms with Crippen LogP contribution in [-0.4, -0.2) is 63.1 Å². The second-order valence-electron chi connectivity index (χ2n) is 10.4. The van der Waals surface area contributed by atoms with Gasteiger partial charge in [0.15, 0.2) is 5.17 Å². The number of aliphatic imine (C=N–C) groups is 1. The van der Waals surface area contributed by atoms with E-state index in [9.17, 15) is 22.8 Å². The lowest BCUT2D eigenvalue weighted by atomic mass is 9.99. The maximum atomic E-state index is 12.9. The number of aryl methyl sites for hydroxylation is 1. The highest BCUT2D eigenvalue weighted by molar-refractivity contribution is 8.15. The molecule has 3 aromatic rings. The number of halogens is 3. The fourth-order valence-corrected chi connectivity index (χ4v) is 5.72. The quantitative estimate of drug-likeness (QED) is 0.403. The second-order valence-corrected chi connectivity index (χ2v) is 11.3. The summed E-state index contributed by atoms with van der Waals surface area (Å²) in [6.45, 7) is 7.26. The predicted molar refractivity (Wildman–Crippen MR) is 154 cm³/mol. The maximum absolute atomic E-state index is 12.9. The standard InChI is InChI=1S/C28H30F3N7O3S/c1-17(2)22-9-4-18(3)14-23(22)38-24(39)15-42-27(38)34-26(40)33-19-10-12-36(13-11-19)25-32-16-37(35-25)20-5-7-21(8-6-20)41-28(29,30)31/h4-9,14,16-17,19H,10-13,15H2,1-3H3,(H,33,40)/b34-27-. The van der Waals surface area contributed by atoms with Gasteiger partial charge in [-0.2, -0.15) is 9.98 Å². The van der Waals surface area contributed by atoms with Crippen molar-refractivity contribution < 1.29 is 27.5 Å². The molecule has 0 spiro atoms. The van der Waals surface area contributed by atoms with Crippen molar-refractivity contribution in [2.24, 2.45) is 4.99 Å². The molecule has 0 aliphatic carbocycles.